The molecule has 0 spiro atoms. The number of nitrogens with zero attached hydrogens (tertiary/aromatic N) is 3. The van der Waals surface area contributed by atoms with Crippen molar-refractivity contribution in [3.8, 4) is 22.9 Å². The van der Waals surface area contributed by atoms with Crippen LogP contribution in [0.3, 0.4) is 0 Å². The van der Waals surface area contributed by atoms with Gasteiger partial charge in [-0.2, -0.15) is 5.26 Å². The Morgan fingerprint density at radius 2 is 1.81 bits per heavy atom. The number of hydrogen-bond donors (Lipinski definition) is 2. The second-order valence-electron chi connectivity index (χ2n) is 12.7. The average molecular weight is 758 g/mol. The van der Waals surface area contributed by atoms with E-state index in [4.69, 9.17) is 19.5 Å². The average Bonchev–Trinajstić information content (AvgIpc) is 3.28. The summed E-state index contributed by atoms with van der Waals surface area (Å²) < 4.78 is 15.9. The predicted octanol–water partition coefficient (Wildman–Crippen LogP) is 6.00. The normalized spacial score (nSPS) is 14.2. The van der Waals surface area contributed by atoms with E-state index in [1.54, 1.807) is 49.3 Å². The fraction of sp³-hybridized carbons (Fsp3) is 0.390. The molecule has 2 aromatic carbocycles. The Labute approximate surface area is 322 Å². The second-order valence-corrected chi connectivity index (χ2v) is 13.7. The van der Waals surface area contributed by atoms with Crippen molar-refractivity contribution in [2.75, 3.05) is 57.6 Å². The summed E-state index contributed by atoms with van der Waals surface area (Å²) in [7, 11) is 3.60. The number of H-pyrrole nitrogens is 1. The molecule has 0 saturated heterocycles. The van der Waals surface area contributed by atoms with Crippen molar-refractivity contribution in [1.82, 2.24) is 15.2 Å². The van der Waals surface area contributed by atoms with Gasteiger partial charge in [-0.15, -0.1) is 11.8 Å². The Kier molecular flexibility index (Phi) is 17.6. The number of hydrogen-bond acceptors (Lipinski definition) is 10. The zero-order chi connectivity index (χ0) is 39.6. The zero-order valence-corrected chi connectivity index (χ0v) is 33.0. The Hall–Kier alpha value is -5.32. The minimum absolute atomic E-state index is 0.0380. The number of aromatic amines is 1. The van der Waals surface area contributed by atoms with Crippen LogP contribution in [0.5, 0.6) is 5.75 Å². The van der Waals surface area contributed by atoms with Crippen LogP contribution in [0.2, 0.25) is 0 Å². The smallest absolute Gasteiger partial charge is 0.303 e. The molecule has 2 heterocycles. The summed E-state index contributed by atoms with van der Waals surface area (Å²) in [6.07, 6.45) is 5.58. The number of aryl methyl sites for hydroxylation is 1. The first-order valence-electron chi connectivity index (χ1n) is 17.8. The number of fused-ring (bicyclic) bond motifs is 1. The van der Waals surface area contributed by atoms with Crippen LogP contribution < -0.4 is 20.5 Å². The molecular formula is C41H51N5O7S. The molecule has 3 aromatic rings. The van der Waals surface area contributed by atoms with Crippen molar-refractivity contribution in [1.29, 1.82) is 5.26 Å². The van der Waals surface area contributed by atoms with Gasteiger partial charge in [-0.05, 0) is 82.6 Å². The van der Waals surface area contributed by atoms with Gasteiger partial charge in [0.15, 0.2) is 12.7 Å². The van der Waals surface area contributed by atoms with Crippen LogP contribution in [-0.2, 0) is 23.9 Å². The largest absolute Gasteiger partial charge is 0.502 e. The zero-order valence-electron chi connectivity index (χ0n) is 32.2. The van der Waals surface area contributed by atoms with Crippen molar-refractivity contribution in [3.05, 3.63) is 99.7 Å². The monoisotopic (exact) mass is 757 g/mol. The molecule has 0 radical (unpaired) electrons. The number of methoxy groups -OCH3 is 1. The van der Waals surface area contributed by atoms with Crippen molar-refractivity contribution < 1.29 is 28.6 Å². The summed E-state index contributed by atoms with van der Waals surface area (Å²) in [6.45, 7) is 11.1. The summed E-state index contributed by atoms with van der Waals surface area (Å²) in [6, 6.07) is 18.1. The highest BCUT2D eigenvalue weighted by molar-refractivity contribution is 7.99. The van der Waals surface area contributed by atoms with Gasteiger partial charge in [-0.3, -0.25) is 19.2 Å². The number of carbonyl (C=O) groups excluding carboxylic acids is 3. The van der Waals surface area contributed by atoms with E-state index in [0.29, 0.717) is 43.4 Å². The maximum absolute atomic E-state index is 13.2. The number of para-hydroxylation sites is 1. The maximum atomic E-state index is 13.2. The summed E-state index contributed by atoms with van der Waals surface area (Å²) in [5.41, 5.74) is 4.02. The van der Waals surface area contributed by atoms with Crippen LogP contribution in [0.15, 0.2) is 87.8 Å². The van der Waals surface area contributed by atoms with Gasteiger partial charge in [0.2, 0.25) is 0 Å². The Morgan fingerprint density at radius 1 is 1.09 bits per heavy atom. The molecule has 0 bridgehead atoms. The number of ether oxygens (including phenoxy) is 3. The quantitative estimate of drug-likeness (QED) is 0.107. The molecule has 1 aromatic heterocycles. The lowest BCUT2D eigenvalue weighted by Gasteiger charge is -2.27. The molecule has 54 heavy (non-hydrogen) atoms. The standard InChI is InChI=1S/C31H33N5O6S.C10H18O/c1-20-25(16-23(17-32)30(39)34-20)22-8-10-24(11-9-22)41-18-29(38)33-12-13-35(3)14-15-36-26-6-4-5-7-28(26)43-19-27(31(36)40)42-21(2)37;1-5-9(2)7-6-8-10(3)11-4/h4-11,16,27H,12-15,18-19H2,1-3H3,(H,33,38)(H,34,39);7-8H,5-6H2,1-4H3/b;9-7-,10-8+. The molecule has 0 fully saturated rings. The first kappa shape index (κ1) is 43.1. The number of nitrogens with one attached hydrogen (secondary N) is 2. The predicted molar refractivity (Wildman–Crippen MR) is 212 cm³/mol. The number of anilines is 1. The van der Waals surface area contributed by atoms with Crippen molar-refractivity contribution in [2.24, 2.45) is 0 Å². The minimum atomic E-state index is -0.847. The lowest BCUT2D eigenvalue weighted by atomic mass is 10.0. The van der Waals surface area contributed by atoms with Crippen LogP contribution in [0.4, 0.5) is 5.69 Å². The molecule has 2 amide bonds. The molecule has 4 rings (SSSR count). The molecule has 12 nitrogen and oxygen atoms in total. The molecule has 1 aliphatic heterocycles. The highest BCUT2D eigenvalue weighted by Gasteiger charge is 2.32. The lowest BCUT2D eigenvalue weighted by molar-refractivity contribution is -0.151. The molecule has 1 atom stereocenters. The van der Waals surface area contributed by atoms with Crippen LogP contribution in [0.1, 0.15) is 51.8 Å². The molecule has 1 unspecified atom stereocenters. The third-order valence-electron chi connectivity index (χ3n) is 8.56. The minimum Gasteiger partial charge on any atom is -0.502 e. The van der Waals surface area contributed by atoms with Crippen LogP contribution >= 0.6 is 11.8 Å². The molecule has 0 saturated carbocycles. The summed E-state index contributed by atoms with van der Waals surface area (Å²) >= 11 is 1.49. The first-order chi connectivity index (χ1) is 25.9. The SMILES string of the molecule is CC(=O)OC1CSc2ccccc2N(CCN(C)CCNC(=O)COc2ccc(-c3cc(C#N)c(=O)[nH]c3C)cc2)C1=O.CC/C(C)=C\C/C=C(\C)OC. The molecule has 288 valence electrons. The van der Waals surface area contributed by atoms with E-state index in [-0.39, 0.29) is 24.0 Å². The van der Waals surface area contributed by atoms with Gasteiger partial charge in [0.25, 0.3) is 17.4 Å². The molecule has 2 N–H and O–H groups in total. The number of amides is 2. The molecule has 13 heteroatoms. The van der Waals surface area contributed by atoms with Gasteiger partial charge in [0, 0.05) is 55.0 Å². The number of pyridine rings is 1. The number of benzene rings is 2. The Bertz CT molecular complexity index is 1880. The number of allylic oxidation sites excluding steroid dienone is 4. The number of carbonyl (C=O) groups is 3. The van der Waals surface area contributed by atoms with E-state index < -0.39 is 17.6 Å². The van der Waals surface area contributed by atoms with E-state index >= 15 is 0 Å². The summed E-state index contributed by atoms with van der Waals surface area (Å²) in [5, 5.41) is 12.0. The number of thioether (sulfide) groups is 1. The van der Waals surface area contributed by atoms with Gasteiger partial charge >= 0.3 is 5.97 Å². The summed E-state index contributed by atoms with van der Waals surface area (Å²) in [5.74, 6) is 0.842. The Morgan fingerprint density at radius 3 is 2.48 bits per heavy atom. The molecule has 1 aliphatic rings. The van der Waals surface area contributed by atoms with Gasteiger partial charge in [-0.25, -0.2) is 0 Å². The van der Waals surface area contributed by atoms with Crippen LogP contribution in [-0.4, -0.2) is 86.5 Å². The highest BCUT2D eigenvalue weighted by Crippen LogP contribution is 2.35. The lowest BCUT2D eigenvalue weighted by Crippen LogP contribution is -2.45. The van der Waals surface area contributed by atoms with E-state index in [1.807, 2.05) is 49.2 Å². The third-order valence-corrected chi connectivity index (χ3v) is 9.69. The Balaban J connectivity index is 0.000000618. The van der Waals surface area contributed by atoms with Crippen molar-refractivity contribution in [3.63, 3.8) is 0 Å². The second kappa shape index (κ2) is 22.0. The maximum Gasteiger partial charge on any atom is 0.303 e. The highest BCUT2D eigenvalue weighted by atomic mass is 32.2. The molecular weight excluding hydrogens is 707 g/mol. The number of aromatic nitrogens is 1. The van der Waals surface area contributed by atoms with Crippen LogP contribution in [0, 0.1) is 18.3 Å². The fourth-order valence-corrected chi connectivity index (χ4v) is 6.25. The van der Waals surface area contributed by atoms with Crippen molar-refractivity contribution in [2.45, 2.75) is 58.5 Å². The van der Waals surface area contributed by atoms with Crippen molar-refractivity contribution >= 4 is 35.2 Å². The van der Waals surface area contributed by atoms with E-state index in [9.17, 15) is 19.2 Å². The first-order valence-corrected chi connectivity index (χ1v) is 18.7. The number of rotatable bonds is 15. The van der Waals surface area contributed by atoms with Gasteiger partial charge in [-0.1, -0.05) is 42.8 Å². The van der Waals surface area contributed by atoms with Gasteiger partial charge < -0.3 is 34.3 Å². The number of nitriles is 1. The fourth-order valence-electron chi connectivity index (χ4n) is 5.21. The number of likely N-dealkylation sites (N-methyl/N-ethyl adjacent to an activating group) is 1. The summed E-state index contributed by atoms with van der Waals surface area (Å²) in [4.78, 5) is 56.2. The van der Waals surface area contributed by atoms with Gasteiger partial charge in [0.05, 0.1) is 18.6 Å². The molecule has 0 aliphatic carbocycles. The number of esters is 1. The van der Waals surface area contributed by atoms with E-state index in [1.165, 1.54) is 24.3 Å². The topological polar surface area (TPSA) is 154 Å². The van der Waals surface area contributed by atoms with Gasteiger partial charge in [0.1, 0.15) is 17.4 Å². The van der Waals surface area contributed by atoms with Crippen LogP contribution in [0.25, 0.3) is 11.1 Å². The van der Waals surface area contributed by atoms with E-state index in [0.717, 1.165) is 40.3 Å². The van der Waals surface area contributed by atoms with E-state index in [2.05, 4.69) is 36.3 Å². The third kappa shape index (κ3) is 13.6.